The van der Waals surface area contributed by atoms with Crippen LogP contribution in [0.2, 0.25) is 0 Å². The van der Waals surface area contributed by atoms with Gasteiger partial charge in [-0.1, -0.05) is 0 Å². The maximum atomic E-state index is 11.0. The number of hydrogen-bond acceptors (Lipinski definition) is 2. The average molecular weight is 199 g/mol. The number of carboxylic acids is 1. The first-order valence-electron chi connectivity index (χ1n) is 5.24. The van der Waals surface area contributed by atoms with Crippen LogP contribution in [-0.2, 0) is 4.79 Å². The monoisotopic (exact) mass is 199 g/mol. The van der Waals surface area contributed by atoms with Crippen LogP contribution in [0, 0.1) is 5.41 Å². The smallest absolute Gasteiger partial charge is 0.309 e. The van der Waals surface area contributed by atoms with Crippen LogP contribution in [-0.4, -0.2) is 34.6 Å². The second kappa shape index (κ2) is 3.54. The fourth-order valence-electron chi connectivity index (χ4n) is 1.88. The van der Waals surface area contributed by atoms with Crippen molar-refractivity contribution in [3.05, 3.63) is 0 Å². The number of carboxylic acid groups (broad SMARTS) is 1. The lowest BCUT2D eigenvalue weighted by molar-refractivity contribution is -0.151. The number of likely N-dealkylation sites (tertiary alicyclic amines) is 1. The molecule has 0 aromatic rings. The molecule has 0 saturated carbocycles. The van der Waals surface area contributed by atoms with Crippen molar-refractivity contribution in [2.75, 3.05) is 13.1 Å². The average Bonchev–Trinajstić information content (AvgIpc) is 2.03. The Kier molecular flexibility index (Phi) is 2.91. The summed E-state index contributed by atoms with van der Waals surface area (Å²) in [6, 6.07) is 0. The molecular formula is C11H21NO2. The second-order valence-corrected chi connectivity index (χ2v) is 5.52. The summed E-state index contributed by atoms with van der Waals surface area (Å²) in [6.45, 7) is 10.2. The zero-order valence-electron chi connectivity index (χ0n) is 9.63. The van der Waals surface area contributed by atoms with Crippen LogP contribution in [0.1, 0.15) is 40.5 Å². The molecule has 3 nitrogen and oxygen atoms in total. The maximum Gasteiger partial charge on any atom is 0.309 e. The normalized spacial score (nSPS) is 23.4. The van der Waals surface area contributed by atoms with Gasteiger partial charge in [-0.3, -0.25) is 9.69 Å². The number of carbonyl (C=O) groups is 1. The highest BCUT2D eigenvalue weighted by Crippen LogP contribution is 2.33. The summed E-state index contributed by atoms with van der Waals surface area (Å²) in [5.41, 5.74) is -0.332. The molecule has 0 unspecified atom stereocenters. The molecule has 0 amide bonds. The Bertz CT molecular complexity index is 222. The van der Waals surface area contributed by atoms with Crippen molar-refractivity contribution >= 4 is 5.97 Å². The van der Waals surface area contributed by atoms with Gasteiger partial charge in [0.15, 0.2) is 0 Å². The molecule has 1 aliphatic rings. The van der Waals surface area contributed by atoms with Gasteiger partial charge in [0.2, 0.25) is 0 Å². The number of piperidine rings is 1. The van der Waals surface area contributed by atoms with Crippen LogP contribution in [0.5, 0.6) is 0 Å². The van der Waals surface area contributed by atoms with Gasteiger partial charge in [0.05, 0.1) is 5.41 Å². The zero-order valence-corrected chi connectivity index (χ0v) is 9.63. The number of aliphatic carboxylic acids is 1. The first-order chi connectivity index (χ1) is 6.26. The Morgan fingerprint density at radius 1 is 1.29 bits per heavy atom. The molecule has 0 radical (unpaired) electrons. The third-order valence-electron chi connectivity index (χ3n) is 3.33. The lowest BCUT2D eigenvalue weighted by atomic mass is 9.79. The SMILES string of the molecule is CC1(C(=O)O)CCN(C(C)(C)C)CC1. The van der Waals surface area contributed by atoms with E-state index in [4.69, 9.17) is 5.11 Å². The molecule has 0 spiro atoms. The Morgan fingerprint density at radius 2 is 1.71 bits per heavy atom. The Balaban J connectivity index is 2.59. The summed E-state index contributed by atoms with van der Waals surface area (Å²) in [6.07, 6.45) is 1.53. The van der Waals surface area contributed by atoms with Gasteiger partial charge in [0, 0.05) is 5.54 Å². The van der Waals surface area contributed by atoms with E-state index in [9.17, 15) is 4.79 Å². The van der Waals surface area contributed by atoms with Crippen molar-refractivity contribution in [1.82, 2.24) is 4.90 Å². The van der Waals surface area contributed by atoms with E-state index in [2.05, 4.69) is 25.7 Å². The molecule has 0 aromatic heterocycles. The highest BCUT2D eigenvalue weighted by molar-refractivity contribution is 5.74. The molecule has 1 aliphatic heterocycles. The van der Waals surface area contributed by atoms with Crippen molar-refractivity contribution < 1.29 is 9.90 Å². The molecule has 0 aromatic carbocycles. The lowest BCUT2D eigenvalue weighted by Gasteiger charge is -2.43. The quantitative estimate of drug-likeness (QED) is 0.702. The zero-order chi connectivity index (χ0) is 11.0. The summed E-state index contributed by atoms with van der Waals surface area (Å²) < 4.78 is 0. The predicted octanol–water partition coefficient (Wildman–Crippen LogP) is 1.97. The maximum absolute atomic E-state index is 11.0. The number of nitrogens with zero attached hydrogens (tertiary/aromatic N) is 1. The summed E-state index contributed by atoms with van der Waals surface area (Å²) in [5, 5.41) is 9.07. The van der Waals surface area contributed by atoms with Gasteiger partial charge in [-0.25, -0.2) is 0 Å². The molecule has 0 atom stereocenters. The highest BCUT2D eigenvalue weighted by atomic mass is 16.4. The molecule has 1 N–H and O–H groups in total. The first kappa shape index (κ1) is 11.5. The second-order valence-electron chi connectivity index (χ2n) is 5.52. The van der Waals surface area contributed by atoms with Gasteiger partial charge < -0.3 is 5.11 Å². The van der Waals surface area contributed by atoms with E-state index in [1.165, 1.54) is 0 Å². The minimum Gasteiger partial charge on any atom is -0.481 e. The van der Waals surface area contributed by atoms with E-state index in [0.29, 0.717) is 0 Å². The standard InChI is InChI=1S/C11H21NO2/c1-10(2,3)12-7-5-11(4,6-8-12)9(13)14/h5-8H2,1-4H3,(H,13,14). The van der Waals surface area contributed by atoms with Crippen LogP contribution >= 0.6 is 0 Å². The van der Waals surface area contributed by atoms with Gasteiger partial charge in [0.1, 0.15) is 0 Å². The van der Waals surface area contributed by atoms with Crippen LogP contribution in [0.25, 0.3) is 0 Å². The molecule has 1 rings (SSSR count). The molecule has 1 saturated heterocycles. The lowest BCUT2D eigenvalue weighted by Crippen LogP contribution is -2.50. The molecule has 14 heavy (non-hydrogen) atoms. The fourth-order valence-corrected chi connectivity index (χ4v) is 1.88. The number of rotatable bonds is 1. The van der Waals surface area contributed by atoms with Crippen LogP contribution in [0.4, 0.5) is 0 Å². The molecular weight excluding hydrogens is 178 g/mol. The Labute approximate surface area is 86.1 Å². The predicted molar refractivity (Wildman–Crippen MR) is 56.3 cm³/mol. The Hall–Kier alpha value is -0.570. The van der Waals surface area contributed by atoms with E-state index in [-0.39, 0.29) is 5.54 Å². The van der Waals surface area contributed by atoms with E-state index < -0.39 is 11.4 Å². The molecule has 0 aliphatic carbocycles. The molecule has 82 valence electrons. The molecule has 0 bridgehead atoms. The number of hydrogen-bond donors (Lipinski definition) is 1. The Morgan fingerprint density at radius 3 is 2.00 bits per heavy atom. The molecule has 1 fully saturated rings. The fraction of sp³-hybridized carbons (Fsp3) is 0.909. The van der Waals surface area contributed by atoms with Crippen LogP contribution in [0.3, 0.4) is 0 Å². The van der Waals surface area contributed by atoms with E-state index in [1.807, 2.05) is 6.92 Å². The third kappa shape index (κ3) is 2.27. The van der Waals surface area contributed by atoms with E-state index in [0.717, 1.165) is 25.9 Å². The van der Waals surface area contributed by atoms with Crippen molar-refractivity contribution in [1.29, 1.82) is 0 Å². The summed E-state index contributed by atoms with van der Waals surface area (Å²) in [5.74, 6) is -0.647. The topological polar surface area (TPSA) is 40.5 Å². The van der Waals surface area contributed by atoms with Gasteiger partial charge in [-0.15, -0.1) is 0 Å². The first-order valence-corrected chi connectivity index (χ1v) is 5.24. The molecule has 1 heterocycles. The third-order valence-corrected chi connectivity index (χ3v) is 3.33. The summed E-state index contributed by atoms with van der Waals surface area (Å²) in [4.78, 5) is 13.4. The minimum absolute atomic E-state index is 0.167. The van der Waals surface area contributed by atoms with Gasteiger partial charge in [0.25, 0.3) is 0 Å². The van der Waals surface area contributed by atoms with Crippen LogP contribution in [0.15, 0.2) is 0 Å². The van der Waals surface area contributed by atoms with Gasteiger partial charge >= 0.3 is 5.97 Å². The van der Waals surface area contributed by atoms with Crippen molar-refractivity contribution in [2.45, 2.75) is 46.1 Å². The largest absolute Gasteiger partial charge is 0.481 e. The van der Waals surface area contributed by atoms with Crippen LogP contribution < -0.4 is 0 Å². The minimum atomic E-state index is -0.647. The summed E-state index contributed by atoms with van der Waals surface area (Å²) >= 11 is 0. The van der Waals surface area contributed by atoms with Gasteiger partial charge in [-0.05, 0) is 53.6 Å². The van der Waals surface area contributed by atoms with E-state index >= 15 is 0 Å². The molecule has 3 heteroatoms. The van der Waals surface area contributed by atoms with Crippen molar-refractivity contribution in [3.63, 3.8) is 0 Å². The van der Waals surface area contributed by atoms with Crippen molar-refractivity contribution in [3.8, 4) is 0 Å². The summed E-state index contributed by atoms with van der Waals surface area (Å²) in [7, 11) is 0. The van der Waals surface area contributed by atoms with E-state index in [1.54, 1.807) is 0 Å². The van der Waals surface area contributed by atoms with Crippen molar-refractivity contribution in [2.24, 2.45) is 5.41 Å². The highest BCUT2D eigenvalue weighted by Gasteiger charge is 2.39. The van der Waals surface area contributed by atoms with Gasteiger partial charge in [-0.2, -0.15) is 0 Å².